The normalized spacial score (nSPS) is 11.8. The molecule has 0 saturated heterocycles. The number of hydrogen-bond acceptors (Lipinski definition) is 5. The third kappa shape index (κ3) is 3.78. The summed E-state index contributed by atoms with van der Waals surface area (Å²) in [6.45, 7) is 0.0530. The molecule has 1 rings (SSSR count). The number of rotatable bonds is 6. The first-order valence-corrected chi connectivity index (χ1v) is 5.79. The number of aliphatic hydroxyl groups is 1. The molecule has 0 fully saturated rings. The highest BCUT2D eigenvalue weighted by atomic mass is 35.5. The summed E-state index contributed by atoms with van der Waals surface area (Å²) in [5, 5.41) is 9.29. The van der Waals surface area contributed by atoms with Crippen LogP contribution in [-0.2, 0) is 4.74 Å². The maximum Gasteiger partial charge on any atom is 0.337 e. The van der Waals surface area contributed by atoms with E-state index in [1.807, 2.05) is 0 Å². The van der Waals surface area contributed by atoms with Gasteiger partial charge in [-0.3, -0.25) is 0 Å². The van der Waals surface area contributed by atoms with Crippen LogP contribution in [0.15, 0.2) is 18.2 Å². The fourth-order valence-electron chi connectivity index (χ4n) is 1.26. The zero-order valence-electron chi connectivity index (χ0n) is 10.2. The zero-order chi connectivity index (χ0) is 13.5. The van der Waals surface area contributed by atoms with Gasteiger partial charge in [0.05, 0.1) is 25.7 Å². The Morgan fingerprint density at radius 3 is 2.67 bits per heavy atom. The van der Waals surface area contributed by atoms with Crippen LogP contribution in [0.4, 0.5) is 0 Å². The Bertz CT molecular complexity index is 407. The van der Waals surface area contributed by atoms with Crippen molar-refractivity contribution in [1.82, 2.24) is 0 Å². The molecule has 1 unspecified atom stereocenters. The van der Waals surface area contributed by atoms with Crippen LogP contribution in [0.2, 0.25) is 0 Å². The molecule has 1 N–H and O–H groups in total. The topological polar surface area (TPSA) is 65.0 Å². The van der Waals surface area contributed by atoms with Crippen LogP contribution < -0.4 is 9.47 Å². The number of carbonyl (C=O) groups excluding carboxylic acids is 1. The number of halogens is 1. The standard InChI is InChI=1S/C12H15ClO5/c1-16-11-5-8(12(15)17-2)3-4-10(11)18-7-9(14)6-13/h3-5,9,14H,6-7H2,1-2H3. The highest BCUT2D eigenvalue weighted by Crippen LogP contribution is 2.28. The van der Waals surface area contributed by atoms with Crippen molar-refractivity contribution in [3.63, 3.8) is 0 Å². The fraction of sp³-hybridized carbons (Fsp3) is 0.417. The Hall–Kier alpha value is -1.46. The van der Waals surface area contributed by atoms with Crippen LogP contribution in [0.1, 0.15) is 10.4 Å². The highest BCUT2D eigenvalue weighted by Gasteiger charge is 2.12. The predicted molar refractivity (Wildman–Crippen MR) is 66.6 cm³/mol. The lowest BCUT2D eigenvalue weighted by Crippen LogP contribution is -2.19. The Morgan fingerprint density at radius 1 is 1.39 bits per heavy atom. The van der Waals surface area contributed by atoms with Crippen LogP contribution in [0, 0.1) is 0 Å². The SMILES string of the molecule is COC(=O)c1ccc(OCC(O)CCl)c(OC)c1. The largest absolute Gasteiger partial charge is 0.493 e. The van der Waals surface area contributed by atoms with Gasteiger partial charge in [-0.2, -0.15) is 0 Å². The molecule has 0 amide bonds. The van der Waals surface area contributed by atoms with Gasteiger partial charge in [0.2, 0.25) is 0 Å². The fourth-order valence-corrected chi connectivity index (χ4v) is 1.35. The van der Waals surface area contributed by atoms with Crippen molar-refractivity contribution in [2.24, 2.45) is 0 Å². The Balaban J connectivity index is 2.83. The summed E-state index contributed by atoms with van der Waals surface area (Å²) < 4.78 is 15.0. The molecule has 0 bridgehead atoms. The van der Waals surface area contributed by atoms with Gasteiger partial charge in [-0.05, 0) is 18.2 Å². The number of carbonyl (C=O) groups is 1. The molecule has 100 valence electrons. The molecule has 6 heteroatoms. The molecule has 1 aromatic rings. The summed E-state index contributed by atoms with van der Waals surface area (Å²) in [4.78, 5) is 11.3. The van der Waals surface area contributed by atoms with Crippen LogP contribution in [0.25, 0.3) is 0 Å². The number of ether oxygens (including phenoxy) is 3. The third-order valence-electron chi connectivity index (χ3n) is 2.19. The van der Waals surface area contributed by atoms with E-state index >= 15 is 0 Å². The van der Waals surface area contributed by atoms with Crippen molar-refractivity contribution in [3.8, 4) is 11.5 Å². The number of esters is 1. The van der Waals surface area contributed by atoms with Gasteiger partial charge < -0.3 is 19.3 Å². The quantitative estimate of drug-likeness (QED) is 0.628. The van der Waals surface area contributed by atoms with Gasteiger partial charge in [0, 0.05) is 0 Å². The molecule has 18 heavy (non-hydrogen) atoms. The lowest BCUT2D eigenvalue weighted by Gasteiger charge is -2.13. The van der Waals surface area contributed by atoms with E-state index < -0.39 is 12.1 Å². The average molecular weight is 275 g/mol. The predicted octanol–water partition coefficient (Wildman–Crippen LogP) is 1.46. The summed E-state index contributed by atoms with van der Waals surface area (Å²) in [6.07, 6.45) is -0.753. The van der Waals surface area contributed by atoms with Gasteiger partial charge in [0.15, 0.2) is 11.5 Å². The van der Waals surface area contributed by atoms with E-state index in [0.717, 1.165) is 0 Å². The van der Waals surface area contributed by atoms with Crippen molar-refractivity contribution in [2.75, 3.05) is 26.7 Å². The first-order valence-electron chi connectivity index (χ1n) is 5.25. The van der Waals surface area contributed by atoms with Gasteiger partial charge >= 0.3 is 5.97 Å². The lowest BCUT2D eigenvalue weighted by atomic mass is 10.2. The minimum atomic E-state index is -0.753. The van der Waals surface area contributed by atoms with Crippen molar-refractivity contribution in [3.05, 3.63) is 23.8 Å². The first kappa shape index (κ1) is 14.6. The molecule has 0 aliphatic heterocycles. The Kier molecular flexibility index (Phi) is 5.74. The van der Waals surface area contributed by atoms with E-state index in [9.17, 15) is 9.90 Å². The zero-order valence-corrected chi connectivity index (χ0v) is 10.9. The molecule has 0 aliphatic rings. The molecule has 0 aliphatic carbocycles. The highest BCUT2D eigenvalue weighted by molar-refractivity contribution is 6.18. The molecular formula is C12H15ClO5. The molecule has 0 saturated carbocycles. The number of alkyl halides is 1. The second kappa shape index (κ2) is 7.08. The van der Waals surface area contributed by atoms with Crippen molar-refractivity contribution in [1.29, 1.82) is 0 Å². The Morgan fingerprint density at radius 2 is 2.11 bits per heavy atom. The average Bonchev–Trinajstić information content (AvgIpc) is 2.43. The second-order valence-corrected chi connectivity index (χ2v) is 3.78. The van der Waals surface area contributed by atoms with Gasteiger partial charge in [0.25, 0.3) is 0 Å². The van der Waals surface area contributed by atoms with Gasteiger partial charge in [-0.25, -0.2) is 4.79 Å². The van der Waals surface area contributed by atoms with Gasteiger partial charge in [-0.15, -0.1) is 11.6 Å². The number of benzene rings is 1. The molecular weight excluding hydrogens is 260 g/mol. The minimum absolute atomic E-state index is 0.0530. The van der Waals surface area contributed by atoms with Crippen molar-refractivity contribution < 1.29 is 24.1 Å². The van der Waals surface area contributed by atoms with Crippen molar-refractivity contribution >= 4 is 17.6 Å². The van der Waals surface area contributed by atoms with Crippen LogP contribution in [-0.4, -0.2) is 43.9 Å². The maximum absolute atomic E-state index is 11.3. The molecule has 1 aromatic carbocycles. The summed E-state index contributed by atoms with van der Waals surface area (Å²) in [7, 11) is 2.76. The summed E-state index contributed by atoms with van der Waals surface area (Å²) in [5.74, 6) is 0.442. The lowest BCUT2D eigenvalue weighted by molar-refractivity contribution is 0.0600. The summed E-state index contributed by atoms with van der Waals surface area (Å²) in [6, 6.07) is 4.64. The van der Waals surface area contributed by atoms with Gasteiger partial charge in [0.1, 0.15) is 12.7 Å². The molecule has 1 atom stereocenters. The van der Waals surface area contributed by atoms with Crippen LogP contribution in [0.3, 0.4) is 0 Å². The summed E-state index contributed by atoms with van der Waals surface area (Å²) in [5.41, 5.74) is 0.361. The van der Waals surface area contributed by atoms with Crippen LogP contribution in [0.5, 0.6) is 11.5 Å². The molecule has 5 nitrogen and oxygen atoms in total. The van der Waals surface area contributed by atoms with E-state index in [1.165, 1.54) is 20.3 Å². The van der Waals surface area contributed by atoms with E-state index in [-0.39, 0.29) is 12.5 Å². The van der Waals surface area contributed by atoms with E-state index in [0.29, 0.717) is 17.1 Å². The minimum Gasteiger partial charge on any atom is -0.493 e. The van der Waals surface area contributed by atoms with Crippen LogP contribution >= 0.6 is 11.6 Å². The monoisotopic (exact) mass is 274 g/mol. The van der Waals surface area contributed by atoms with E-state index in [1.54, 1.807) is 12.1 Å². The molecule has 0 aromatic heterocycles. The van der Waals surface area contributed by atoms with E-state index in [2.05, 4.69) is 4.74 Å². The van der Waals surface area contributed by atoms with Gasteiger partial charge in [-0.1, -0.05) is 0 Å². The molecule has 0 radical (unpaired) electrons. The maximum atomic E-state index is 11.3. The third-order valence-corrected chi connectivity index (χ3v) is 2.55. The van der Waals surface area contributed by atoms with Crippen molar-refractivity contribution in [2.45, 2.75) is 6.10 Å². The summed E-state index contributed by atoms with van der Waals surface area (Å²) >= 11 is 5.46. The first-order chi connectivity index (χ1) is 8.62. The molecule has 0 spiro atoms. The second-order valence-electron chi connectivity index (χ2n) is 3.48. The number of methoxy groups -OCH3 is 2. The Labute approximate surface area is 110 Å². The smallest absolute Gasteiger partial charge is 0.337 e. The molecule has 0 heterocycles. The number of hydrogen-bond donors (Lipinski definition) is 1. The van der Waals surface area contributed by atoms with E-state index in [4.69, 9.17) is 21.1 Å². The number of aliphatic hydroxyl groups excluding tert-OH is 1.